The van der Waals surface area contributed by atoms with E-state index in [1.54, 1.807) is 0 Å². The molecule has 13 heavy (non-hydrogen) atoms. The van der Waals surface area contributed by atoms with Gasteiger partial charge in [-0.3, -0.25) is 0 Å². The second-order valence-electron chi connectivity index (χ2n) is 4.24. The third-order valence-corrected chi connectivity index (χ3v) is 3.07. The van der Waals surface area contributed by atoms with Crippen molar-refractivity contribution < 1.29 is 0 Å². The molecule has 1 fully saturated rings. The van der Waals surface area contributed by atoms with Crippen LogP contribution in [0.25, 0.3) is 0 Å². The standard InChI is InChI=1S/C10H15N3/c11-8-2-1-5-13-6-9(7-3-4-7)12-10(8)13/h6-8H,1-5,11H2/t8-/m0/s1. The number of nitrogens with zero attached hydrogens (tertiary/aromatic N) is 2. The summed E-state index contributed by atoms with van der Waals surface area (Å²) in [5.41, 5.74) is 7.28. The fourth-order valence-electron chi connectivity index (χ4n) is 2.11. The number of rotatable bonds is 1. The lowest BCUT2D eigenvalue weighted by atomic mass is 10.1. The fourth-order valence-corrected chi connectivity index (χ4v) is 2.11. The van der Waals surface area contributed by atoms with Crippen LogP contribution in [-0.4, -0.2) is 9.55 Å². The first-order valence-electron chi connectivity index (χ1n) is 5.17. The Balaban J connectivity index is 1.99. The van der Waals surface area contributed by atoms with E-state index in [1.807, 2.05) is 0 Å². The van der Waals surface area contributed by atoms with Crippen LogP contribution in [0.15, 0.2) is 6.20 Å². The number of hydrogen-bond donors (Lipinski definition) is 1. The molecule has 1 atom stereocenters. The zero-order valence-electron chi connectivity index (χ0n) is 7.74. The van der Waals surface area contributed by atoms with Gasteiger partial charge in [0.25, 0.3) is 0 Å². The van der Waals surface area contributed by atoms with Gasteiger partial charge in [-0.1, -0.05) is 0 Å². The third-order valence-electron chi connectivity index (χ3n) is 3.07. The number of imidazole rings is 1. The Labute approximate surface area is 78.0 Å². The van der Waals surface area contributed by atoms with Gasteiger partial charge in [-0.2, -0.15) is 0 Å². The molecule has 70 valence electrons. The molecule has 1 aliphatic carbocycles. The van der Waals surface area contributed by atoms with Gasteiger partial charge in [0.05, 0.1) is 11.7 Å². The molecular weight excluding hydrogens is 162 g/mol. The first kappa shape index (κ1) is 7.56. The number of aryl methyl sites for hydroxylation is 1. The van der Waals surface area contributed by atoms with Gasteiger partial charge in [0.1, 0.15) is 5.82 Å². The maximum atomic E-state index is 6.00. The molecule has 2 heterocycles. The quantitative estimate of drug-likeness (QED) is 0.707. The van der Waals surface area contributed by atoms with E-state index in [-0.39, 0.29) is 6.04 Å². The van der Waals surface area contributed by atoms with Crippen molar-refractivity contribution in [2.75, 3.05) is 0 Å². The van der Waals surface area contributed by atoms with E-state index in [0.717, 1.165) is 24.7 Å². The summed E-state index contributed by atoms with van der Waals surface area (Å²) in [5, 5.41) is 0. The van der Waals surface area contributed by atoms with Crippen molar-refractivity contribution in [2.45, 2.75) is 44.2 Å². The number of nitrogens with two attached hydrogens (primary N) is 1. The molecular formula is C10H15N3. The predicted octanol–water partition coefficient (Wildman–Crippen LogP) is 1.55. The first-order chi connectivity index (χ1) is 6.34. The molecule has 0 amide bonds. The van der Waals surface area contributed by atoms with Gasteiger partial charge in [0.2, 0.25) is 0 Å². The van der Waals surface area contributed by atoms with Gasteiger partial charge < -0.3 is 10.3 Å². The van der Waals surface area contributed by atoms with Gasteiger partial charge in [-0.25, -0.2) is 4.98 Å². The van der Waals surface area contributed by atoms with E-state index in [9.17, 15) is 0 Å². The Hall–Kier alpha value is -0.830. The lowest BCUT2D eigenvalue weighted by Gasteiger charge is -2.19. The van der Waals surface area contributed by atoms with Crippen molar-refractivity contribution in [1.82, 2.24) is 9.55 Å². The summed E-state index contributed by atoms with van der Waals surface area (Å²) in [7, 11) is 0. The van der Waals surface area contributed by atoms with E-state index in [4.69, 9.17) is 5.73 Å². The zero-order chi connectivity index (χ0) is 8.84. The van der Waals surface area contributed by atoms with Crippen LogP contribution in [-0.2, 0) is 6.54 Å². The van der Waals surface area contributed by atoms with Gasteiger partial charge in [-0.05, 0) is 25.7 Å². The van der Waals surface area contributed by atoms with E-state index in [0.29, 0.717) is 0 Å². The minimum atomic E-state index is 0.182. The highest BCUT2D eigenvalue weighted by Gasteiger charge is 2.29. The fraction of sp³-hybridized carbons (Fsp3) is 0.700. The topological polar surface area (TPSA) is 43.8 Å². The summed E-state index contributed by atoms with van der Waals surface area (Å²) >= 11 is 0. The van der Waals surface area contributed by atoms with Gasteiger partial charge in [0.15, 0.2) is 0 Å². The number of aromatic nitrogens is 2. The van der Waals surface area contributed by atoms with Crippen LogP contribution < -0.4 is 5.73 Å². The Kier molecular flexibility index (Phi) is 1.50. The van der Waals surface area contributed by atoms with E-state index in [2.05, 4.69) is 15.7 Å². The molecule has 0 radical (unpaired) electrons. The van der Waals surface area contributed by atoms with Crippen LogP contribution in [0.3, 0.4) is 0 Å². The molecule has 0 spiro atoms. The normalized spacial score (nSPS) is 27.3. The minimum absolute atomic E-state index is 0.182. The number of fused-ring (bicyclic) bond motifs is 1. The summed E-state index contributed by atoms with van der Waals surface area (Å²) in [5.74, 6) is 1.87. The molecule has 0 saturated heterocycles. The SMILES string of the molecule is N[C@H]1CCCn2cc(C3CC3)nc21. The van der Waals surface area contributed by atoms with Crippen LogP contribution in [0.5, 0.6) is 0 Å². The molecule has 2 N–H and O–H groups in total. The average Bonchev–Trinajstić information content (AvgIpc) is 2.87. The van der Waals surface area contributed by atoms with Crippen LogP contribution in [0.1, 0.15) is 49.2 Å². The molecule has 1 saturated carbocycles. The molecule has 1 aromatic rings. The Bertz CT molecular complexity index is 325. The van der Waals surface area contributed by atoms with Gasteiger partial charge in [0, 0.05) is 18.7 Å². The molecule has 0 unspecified atom stereocenters. The Morgan fingerprint density at radius 3 is 2.92 bits per heavy atom. The third kappa shape index (κ3) is 1.18. The van der Waals surface area contributed by atoms with Crippen LogP contribution >= 0.6 is 0 Å². The van der Waals surface area contributed by atoms with Crippen molar-refractivity contribution in [3.8, 4) is 0 Å². The number of hydrogen-bond acceptors (Lipinski definition) is 2. The monoisotopic (exact) mass is 177 g/mol. The maximum Gasteiger partial charge on any atom is 0.125 e. The van der Waals surface area contributed by atoms with Crippen molar-refractivity contribution in [1.29, 1.82) is 0 Å². The van der Waals surface area contributed by atoms with Crippen molar-refractivity contribution in [3.63, 3.8) is 0 Å². The highest BCUT2D eigenvalue weighted by molar-refractivity contribution is 5.17. The second-order valence-corrected chi connectivity index (χ2v) is 4.24. The zero-order valence-corrected chi connectivity index (χ0v) is 7.74. The van der Waals surface area contributed by atoms with Gasteiger partial charge >= 0.3 is 0 Å². The molecule has 3 rings (SSSR count). The minimum Gasteiger partial charge on any atom is -0.333 e. The molecule has 2 aliphatic rings. The summed E-state index contributed by atoms with van der Waals surface area (Å²) in [6.07, 6.45) is 7.17. The second kappa shape index (κ2) is 2.58. The van der Waals surface area contributed by atoms with E-state index < -0.39 is 0 Å². The molecule has 0 aromatic carbocycles. The largest absolute Gasteiger partial charge is 0.333 e. The lowest BCUT2D eigenvalue weighted by Crippen LogP contribution is -2.21. The van der Waals surface area contributed by atoms with Crippen molar-refractivity contribution in [3.05, 3.63) is 17.7 Å². The molecule has 0 bridgehead atoms. The molecule has 3 heteroatoms. The molecule has 1 aromatic heterocycles. The maximum absolute atomic E-state index is 6.00. The van der Waals surface area contributed by atoms with E-state index >= 15 is 0 Å². The molecule has 1 aliphatic heterocycles. The van der Waals surface area contributed by atoms with Gasteiger partial charge in [-0.15, -0.1) is 0 Å². The van der Waals surface area contributed by atoms with Crippen molar-refractivity contribution >= 4 is 0 Å². The highest BCUT2D eigenvalue weighted by Crippen LogP contribution is 2.40. The van der Waals surface area contributed by atoms with Crippen LogP contribution in [0.2, 0.25) is 0 Å². The Morgan fingerprint density at radius 1 is 1.38 bits per heavy atom. The molecule has 3 nitrogen and oxygen atoms in total. The van der Waals surface area contributed by atoms with Crippen LogP contribution in [0.4, 0.5) is 0 Å². The Morgan fingerprint density at radius 2 is 2.23 bits per heavy atom. The van der Waals surface area contributed by atoms with Crippen LogP contribution in [0, 0.1) is 0 Å². The summed E-state index contributed by atoms with van der Waals surface area (Å²) < 4.78 is 2.25. The van der Waals surface area contributed by atoms with E-state index in [1.165, 1.54) is 25.0 Å². The average molecular weight is 177 g/mol. The summed E-state index contributed by atoms with van der Waals surface area (Å²) in [4.78, 5) is 4.63. The first-order valence-corrected chi connectivity index (χ1v) is 5.17. The van der Waals surface area contributed by atoms with Crippen molar-refractivity contribution in [2.24, 2.45) is 5.73 Å². The summed E-state index contributed by atoms with van der Waals surface area (Å²) in [6, 6.07) is 0.182. The predicted molar refractivity (Wildman–Crippen MR) is 50.4 cm³/mol. The smallest absolute Gasteiger partial charge is 0.125 e. The lowest BCUT2D eigenvalue weighted by molar-refractivity contribution is 0.451. The highest BCUT2D eigenvalue weighted by atomic mass is 15.1. The summed E-state index contributed by atoms with van der Waals surface area (Å²) in [6.45, 7) is 1.11.